The molecule has 0 aliphatic carbocycles. The summed E-state index contributed by atoms with van der Waals surface area (Å²) in [5.41, 5.74) is 2.43. The summed E-state index contributed by atoms with van der Waals surface area (Å²) in [6, 6.07) is 8.90. The fourth-order valence-electron chi connectivity index (χ4n) is 1.90. The quantitative estimate of drug-likeness (QED) is 0.868. The minimum atomic E-state index is -0.367. The molecule has 1 unspecified atom stereocenters. The van der Waals surface area contributed by atoms with Crippen LogP contribution in [0.4, 0.5) is 4.39 Å². The monoisotopic (exact) mass is 260 g/mol. The van der Waals surface area contributed by atoms with Gasteiger partial charge in [0.25, 0.3) is 0 Å². The molecule has 1 aromatic heterocycles. The second-order valence-electron chi connectivity index (χ2n) is 4.47. The van der Waals surface area contributed by atoms with Crippen molar-refractivity contribution >= 4 is 0 Å². The molecular formula is C15H17FN2O. The van der Waals surface area contributed by atoms with E-state index in [-0.39, 0.29) is 18.5 Å². The molecule has 100 valence electrons. The molecule has 1 heterocycles. The highest BCUT2D eigenvalue weighted by Gasteiger charge is 2.06. The topological polar surface area (TPSA) is 45.1 Å². The Bertz CT molecular complexity index is 531. The molecule has 2 aromatic rings. The predicted octanol–water partition coefficient (Wildman–Crippen LogP) is 2.56. The van der Waals surface area contributed by atoms with Gasteiger partial charge in [-0.3, -0.25) is 4.98 Å². The second-order valence-corrected chi connectivity index (χ2v) is 4.47. The van der Waals surface area contributed by atoms with E-state index in [2.05, 4.69) is 17.2 Å². The number of pyridine rings is 1. The van der Waals surface area contributed by atoms with E-state index < -0.39 is 0 Å². The highest BCUT2D eigenvalue weighted by molar-refractivity contribution is 5.25. The first kappa shape index (κ1) is 13.6. The van der Waals surface area contributed by atoms with Crippen molar-refractivity contribution in [1.82, 2.24) is 10.3 Å². The van der Waals surface area contributed by atoms with Crippen LogP contribution in [-0.2, 0) is 13.2 Å². The molecule has 0 radical (unpaired) electrons. The van der Waals surface area contributed by atoms with E-state index in [9.17, 15) is 4.39 Å². The molecule has 0 bridgehead atoms. The predicted molar refractivity (Wildman–Crippen MR) is 71.8 cm³/mol. The number of aromatic nitrogens is 1. The Labute approximate surface area is 112 Å². The van der Waals surface area contributed by atoms with Crippen LogP contribution in [0.1, 0.15) is 29.7 Å². The van der Waals surface area contributed by atoms with Gasteiger partial charge >= 0.3 is 0 Å². The van der Waals surface area contributed by atoms with Gasteiger partial charge < -0.3 is 10.4 Å². The van der Waals surface area contributed by atoms with Gasteiger partial charge in [-0.15, -0.1) is 0 Å². The van der Waals surface area contributed by atoms with Gasteiger partial charge in [-0.1, -0.05) is 6.07 Å². The Morgan fingerprint density at radius 1 is 1.26 bits per heavy atom. The number of nitrogens with one attached hydrogen (secondary N) is 1. The van der Waals surface area contributed by atoms with E-state index in [1.54, 1.807) is 24.5 Å². The van der Waals surface area contributed by atoms with E-state index >= 15 is 0 Å². The lowest BCUT2D eigenvalue weighted by molar-refractivity contribution is 0.275. The number of hydrogen-bond donors (Lipinski definition) is 2. The first-order chi connectivity index (χ1) is 9.20. The first-order valence-corrected chi connectivity index (χ1v) is 6.22. The number of benzene rings is 1. The zero-order valence-electron chi connectivity index (χ0n) is 10.8. The first-order valence-electron chi connectivity index (χ1n) is 6.22. The molecule has 0 spiro atoms. The van der Waals surface area contributed by atoms with E-state index in [0.717, 1.165) is 11.1 Å². The Kier molecular flexibility index (Phi) is 4.60. The van der Waals surface area contributed by atoms with Crippen LogP contribution < -0.4 is 5.32 Å². The van der Waals surface area contributed by atoms with Gasteiger partial charge in [0.2, 0.25) is 0 Å². The molecule has 0 amide bonds. The van der Waals surface area contributed by atoms with Crippen LogP contribution in [0.2, 0.25) is 0 Å². The lowest BCUT2D eigenvalue weighted by Crippen LogP contribution is -2.18. The summed E-state index contributed by atoms with van der Waals surface area (Å²) in [5.74, 6) is -0.367. The van der Waals surface area contributed by atoms with Crippen molar-refractivity contribution in [2.75, 3.05) is 0 Å². The highest BCUT2D eigenvalue weighted by atomic mass is 19.1. The summed E-state index contributed by atoms with van der Waals surface area (Å²) < 4.78 is 13.2. The summed E-state index contributed by atoms with van der Waals surface area (Å²) in [4.78, 5) is 3.98. The maximum Gasteiger partial charge on any atom is 0.128 e. The van der Waals surface area contributed by atoms with Crippen molar-refractivity contribution in [3.8, 4) is 0 Å². The van der Waals surface area contributed by atoms with Gasteiger partial charge in [-0.25, -0.2) is 4.39 Å². The second kappa shape index (κ2) is 6.41. The summed E-state index contributed by atoms with van der Waals surface area (Å²) in [7, 11) is 0. The molecule has 2 rings (SSSR count). The van der Waals surface area contributed by atoms with E-state index in [1.165, 1.54) is 6.07 Å². The molecule has 4 heteroatoms. The molecule has 0 aliphatic heterocycles. The highest BCUT2D eigenvalue weighted by Crippen LogP contribution is 2.14. The van der Waals surface area contributed by atoms with Crippen LogP contribution in [-0.4, -0.2) is 10.1 Å². The zero-order chi connectivity index (χ0) is 13.7. The van der Waals surface area contributed by atoms with Crippen molar-refractivity contribution in [3.63, 3.8) is 0 Å². The Hall–Kier alpha value is -1.78. The number of aliphatic hydroxyl groups is 1. The Morgan fingerprint density at radius 2 is 2.00 bits per heavy atom. The van der Waals surface area contributed by atoms with Crippen molar-refractivity contribution in [1.29, 1.82) is 0 Å². The number of rotatable bonds is 5. The van der Waals surface area contributed by atoms with Gasteiger partial charge in [-0.2, -0.15) is 0 Å². The maximum absolute atomic E-state index is 13.2. The molecule has 1 aromatic carbocycles. The van der Waals surface area contributed by atoms with Crippen LogP contribution in [0.3, 0.4) is 0 Å². The SMILES string of the molecule is CC(NCc1ccc(F)c(CO)c1)c1ccncc1. The van der Waals surface area contributed by atoms with E-state index in [1.807, 2.05) is 12.1 Å². The number of halogens is 1. The summed E-state index contributed by atoms with van der Waals surface area (Å²) in [6.45, 7) is 2.40. The zero-order valence-corrected chi connectivity index (χ0v) is 10.8. The molecule has 0 saturated carbocycles. The summed E-state index contributed by atoms with van der Waals surface area (Å²) in [5, 5.41) is 12.4. The lowest BCUT2D eigenvalue weighted by atomic mass is 10.1. The van der Waals surface area contributed by atoms with Crippen molar-refractivity contribution in [2.24, 2.45) is 0 Å². The molecule has 0 aliphatic rings. The maximum atomic E-state index is 13.2. The van der Waals surface area contributed by atoms with Crippen LogP contribution in [0.5, 0.6) is 0 Å². The number of nitrogens with zero attached hydrogens (tertiary/aromatic N) is 1. The fourth-order valence-corrected chi connectivity index (χ4v) is 1.90. The molecule has 3 nitrogen and oxygen atoms in total. The van der Waals surface area contributed by atoms with Crippen molar-refractivity contribution in [3.05, 3.63) is 65.2 Å². The van der Waals surface area contributed by atoms with Crippen molar-refractivity contribution in [2.45, 2.75) is 26.1 Å². The molecule has 0 fully saturated rings. The van der Waals surface area contributed by atoms with Gasteiger partial charge in [-0.05, 0) is 42.3 Å². The smallest absolute Gasteiger partial charge is 0.128 e. The lowest BCUT2D eigenvalue weighted by Gasteiger charge is -2.14. The molecule has 2 N–H and O–H groups in total. The van der Waals surface area contributed by atoms with Gasteiger partial charge in [0.05, 0.1) is 6.61 Å². The third kappa shape index (κ3) is 3.59. The Balaban J connectivity index is 1.99. The standard InChI is InChI=1S/C15H17FN2O/c1-11(13-4-6-17-7-5-13)18-9-12-2-3-15(16)14(8-12)10-19/h2-8,11,18-19H,9-10H2,1H3. The minimum absolute atomic E-state index is 0.186. The fraction of sp³-hybridized carbons (Fsp3) is 0.267. The van der Waals surface area contributed by atoms with Gasteiger partial charge in [0, 0.05) is 30.5 Å². The van der Waals surface area contributed by atoms with E-state index in [4.69, 9.17) is 5.11 Å². The van der Waals surface area contributed by atoms with Crippen LogP contribution in [0.15, 0.2) is 42.7 Å². The van der Waals surface area contributed by atoms with Crippen molar-refractivity contribution < 1.29 is 9.50 Å². The normalized spacial score (nSPS) is 12.4. The molecule has 19 heavy (non-hydrogen) atoms. The number of aliphatic hydroxyl groups excluding tert-OH is 1. The summed E-state index contributed by atoms with van der Waals surface area (Å²) >= 11 is 0. The third-order valence-electron chi connectivity index (χ3n) is 3.10. The van der Waals surface area contributed by atoms with E-state index in [0.29, 0.717) is 12.1 Å². The van der Waals surface area contributed by atoms with Crippen LogP contribution in [0.25, 0.3) is 0 Å². The van der Waals surface area contributed by atoms with Gasteiger partial charge in [0.15, 0.2) is 0 Å². The van der Waals surface area contributed by atoms with Crippen LogP contribution >= 0.6 is 0 Å². The largest absolute Gasteiger partial charge is 0.392 e. The summed E-state index contributed by atoms with van der Waals surface area (Å²) in [6.07, 6.45) is 3.52. The molecule has 1 atom stereocenters. The minimum Gasteiger partial charge on any atom is -0.392 e. The average molecular weight is 260 g/mol. The number of hydrogen-bond acceptors (Lipinski definition) is 3. The third-order valence-corrected chi connectivity index (χ3v) is 3.10. The van der Waals surface area contributed by atoms with Crippen LogP contribution in [0, 0.1) is 5.82 Å². The Morgan fingerprint density at radius 3 is 2.68 bits per heavy atom. The average Bonchev–Trinajstić information content (AvgIpc) is 2.47. The van der Waals surface area contributed by atoms with Gasteiger partial charge in [0.1, 0.15) is 5.82 Å². The molecular weight excluding hydrogens is 243 g/mol. The molecule has 0 saturated heterocycles.